The third kappa shape index (κ3) is 3.55. The quantitative estimate of drug-likeness (QED) is 0.416. The molecule has 34 heavy (non-hydrogen) atoms. The van der Waals surface area contributed by atoms with Gasteiger partial charge in [0, 0.05) is 24.3 Å². The minimum Gasteiger partial charge on any atom is -0.508 e. The van der Waals surface area contributed by atoms with Crippen LogP contribution in [0.5, 0.6) is 11.5 Å². The van der Waals surface area contributed by atoms with Gasteiger partial charge in [0.2, 0.25) is 5.78 Å². The van der Waals surface area contributed by atoms with Gasteiger partial charge in [-0.2, -0.15) is 0 Å². The first kappa shape index (κ1) is 21.3. The van der Waals surface area contributed by atoms with E-state index in [0.29, 0.717) is 22.3 Å². The first-order valence-electron chi connectivity index (χ1n) is 10.5. The fourth-order valence-corrected chi connectivity index (χ4v) is 4.18. The number of phenols is 1. The van der Waals surface area contributed by atoms with Gasteiger partial charge in [-0.05, 0) is 41.5 Å². The molecule has 8 heteroatoms. The van der Waals surface area contributed by atoms with Gasteiger partial charge in [0.15, 0.2) is 22.9 Å². The number of carbonyl (C=O) groups is 2. The van der Waals surface area contributed by atoms with E-state index in [9.17, 15) is 19.8 Å². The van der Waals surface area contributed by atoms with E-state index in [2.05, 4.69) is 4.98 Å². The number of fused-ring (bicyclic) bond motifs is 1. The van der Waals surface area contributed by atoms with Crippen LogP contribution >= 0.6 is 0 Å². The van der Waals surface area contributed by atoms with Crippen molar-refractivity contribution in [2.45, 2.75) is 12.6 Å². The van der Waals surface area contributed by atoms with Crippen molar-refractivity contribution >= 4 is 22.7 Å². The molecule has 0 fully saturated rings. The molecular formula is C26H20N2O6. The number of amides is 1. The van der Waals surface area contributed by atoms with Crippen LogP contribution in [0.2, 0.25) is 0 Å². The van der Waals surface area contributed by atoms with Crippen LogP contribution in [0.3, 0.4) is 0 Å². The van der Waals surface area contributed by atoms with Crippen LogP contribution in [0.25, 0.3) is 11.0 Å². The number of hydrogen-bond donors (Lipinski definition) is 2. The number of furan rings is 1. The molecule has 170 valence electrons. The maximum absolute atomic E-state index is 13.6. The summed E-state index contributed by atoms with van der Waals surface area (Å²) < 4.78 is 11.1. The molecular weight excluding hydrogens is 436 g/mol. The van der Waals surface area contributed by atoms with Gasteiger partial charge < -0.3 is 24.3 Å². The SMILES string of the molecule is COc1cccc2cc(C(=O)C3=C(O)C(=O)N(Cc4cccnc4)C3c3ccc(O)cc3)oc12. The summed E-state index contributed by atoms with van der Waals surface area (Å²) in [6, 6.07) is 15.6. The molecule has 0 aliphatic carbocycles. The molecule has 0 radical (unpaired) electrons. The van der Waals surface area contributed by atoms with Crippen molar-refractivity contribution in [2.75, 3.05) is 7.11 Å². The Labute approximate surface area is 194 Å². The highest BCUT2D eigenvalue weighted by Crippen LogP contribution is 2.41. The topological polar surface area (TPSA) is 113 Å². The predicted molar refractivity (Wildman–Crippen MR) is 122 cm³/mol. The third-order valence-electron chi connectivity index (χ3n) is 5.78. The summed E-state index contributed by atoms with van der Waals surface area (Å²) in [7, 11) is 1.50. The molecule has 1 aliphatic rings. The Kier molecular flexibility index (Phi) is 5.25. The summed E-state index contributed by atoms with van der Waals surface area (Å²) in [5.41, 5.74) is 1.58. The zero-order valence-corrected chi connectivity index (χ0v) is 18.1. The number of aromatic hydroxyl groups is 1. The van der Waals surface area contributed by atoms with Crippen molar-refractivity contribution < 1.29 is 29.0 Å². The molecule has 2 aromatic carbocycles. The van der Waals surface area contributed by atoms with E-state index >= 15 is 0 Å². The molecule has 8 nitrogen and oxygen atoms in total. The molecule has 0 saturated carbocycles. The number of ether oxygens (including phenoxy) is 1. The summed E-state index contributed by atoms with van der Waals surface area (Å²) in [6.45, 7) is 0.118. The Balaban J connectivity index is 1.60. The van der Waals surface area contributed by atoms with Crippen molar-refractivity contribution in [1.82, 2.24) is 9.88 Å². The van der Waals surface area contributed by atoms with Crippen molar-refractivity contribution in [3.8, 4) is 11.5 Å². The normalized spacial score (nSPS) is 15.9. The number of phenolic OH excluding ortho intramolecular Hbond substituents is 1. The van der Waals surface area contributed by atoms with E-state index in [1.165, 1.54) is 24.1 Å². The third-order valence-corrected chi connectivity index (χ3v) is 5.78. The first-order chi connectivity index (χ1) is 16.5. The molecule has 2 N–H and O–H groups in total. The van der Waals surface area contributed by atoms with Crippen LogP contribution in [-0.2, 0) is 11.3 Å². The number of pyridine rings is 1. The number of rotatable bonds is 6. The lowest BCUT2D eigenvalue weighted by molar-refractivity contribution is -0.130. The molecule has 5 rings (SSSR count). The minimum absolute atomic E-state index is 0.0270. The smallest absolute Gasteiger partial charge is 0.290 e. The molecule has 1 atom stereocenters. The van der Waals surface area contributed by atoms with Crippen LogP contribution in [0.15, 0.2) is 88.8 Å². The number of para-hydroxylation sites is 1. The number of hydrogen-bond acceptors (Lipinski definition) is 7. The zero-order valence-electron chi connectivity index (χ0n) is 18.1. The van der Waals surface area contributed by atoms with Gasteiger partial charge in [0.1, 0.15) is 5.75 Å². The second-order valence-corrected chi connectivity index (χ2v) is 7.87. The summed E-state index contributed by atoms with van der Waals surface area (Å²) >= 11 is 0. The highest BCUT2D eigenvalue weighted by Gasteiger charge is 2.44. The lowest BCUT2D eigenvalue weighted by atomic mass is 9.94. The van der Waals surface area contributed by atoms with Gasteiger partial charge in [-0.1, -0.05) is 30.3 Å². The largest absolute Gasteiger partial charge is 0.508 e. The van der Waals surface area contributed by atoms with Crippen LogP contribution in [0.1, 0.15) is 27.7 Å². The monoisotopic (exact) mass is 456 g/mol. The minimum atomic E-state index is -0.893. The Morgan fingerprint density at radius 3 is 2.62 bits per heavy atom. The fraction of sp³-hybridized carbons (Fsp3) is 0.115. The van der Waals surface area contributed by atoms with Gasteiger partial charge in [-0.25, -0.2) is 0 Å². The lowest BCUT2D eigenvalue weighted by Crippen LogP contribution is -2.30. The van der Waals surface area contributed by atoms with Crippen LogP contribution in [0.4, 0.5) is 0 Å². The summed E-state index contributed by atoms with van der Waals surface area (Å²) in [6.07, 6.45) is 3.23. The predicted octanol–water partition coefficient (Wildman–Crippen LogP) is 4.32. The highest BCUT2D eigenvalue weighted by atomic mass is 16.5. The number of aliphatic hydroxyl groups excluding tert-OH is 1. The number of aromatic nitrogens is 1. The summed E-state index contributed by atoms with van der Waals surface area (Å²) in [4.78, 5) is 32.2. The van der Waals surface area contributed by atoms with E-state index in [1.54, 1.807) is 60.9 Å². The Morgan fingerprint density at radius 1 is 1.12 bits per heavy atom. The van der Waals surface area contributed by atoms with Crippen LogP contribution in [0, 0.1) is 0 Å². The second-order valence-electron chi connectivity index (χ2n) is 7.87. The molecule has 0 bridgehead atoms. The van der Waals surface area contributed by atoms with E-state index in [4.69, 9.17) is 9.15 Å². The molecule has 3 heterocycles. The highest BCUT2D eigenvalue weighted by molar-refractivity contribution is 6.16. The zero-order chi connectivity index (χ0) is 23.8. The lowest BCUT2D eigenvalue weighted by Gasteiger charge is -2.26. The number of benzene rings is 2. The molecule has 0 saturated heterocycles. The molecule has 1 unspecified atom stereocenters. The number of nitrogens with zero attached hydrogens (tertiary/aromatic N) is 2. The average molecular weight is 456 g/mol. The number of aliphatic hydroxyl groups is 1. The molecule has 2 aromatic heterocycles. The van der Waals surface area contributed by atoms with Crippen molar-refractivity contribution in [3.05, 3.63) is 101 Å². The van der Waals surface area contributed by atoms with Gasteiger partial charge in [0.05, 0.1) is 18.7 Å². The number of carbonyl (C=O) groups excluding carboxylic acids is 2. The van der Waals surface area contributed by atoms with Crippen LogP contribution < -0.4 is 4.74 Å². The fourth-order valence-electron chi connectivity index (χ4n) is 4.18. The number of Topliss-reactive ketones (excluding diaryl/α,β-unsaturated/α-hetero) is 1. The standard InChI is InChI=1S/C26H20N2O6/c1-33-19-6-2-5-17-12-20(34-25(17)19)23(30)21-22(16-7-9-18(29)10-8-16)28(26(32)24(21)31)14-15-4-3-11-27-13-15/h2-13,22,29,31H,14H2,1H3. The second kappa shape index (κ2) is 8.40. The van der Waals surface area contributed by atoms with Gasteiger partial charge >= 0.3 is 0 Å². The van der Waals surface area contributed by atoms with E-state index in [1.807, 2.05) is 0 Å². The molecule has 0 spiro atoms. The molecule has 4 aromatic rings. The Morgan fingerprint density at radius 2 is 1.91 bits per heavy atom. The molecule has 1 amide bonds. The summed E-state index contributed by atoms with van der Waals surface area (Å²) in [5, 5.41) is 21.2. The Hall–Kier alpha value is -4.59. The number of methoxy groups -OCH3 is 1. The molecule has 1 aliphatic heterocycles. The van der Waals surface area contributed by atoms with Gasteiger partial charge in [-0.15, -0.1) is 0 Å². The van der Waals surface area contributed by atoms with E-state index in [-0.39, 0.29) is 23.6 Å². The van der Waals surface area contributed by atoms with Crippen molar-refractivity contribution in [3.63, 3.8) is 0 Å². The van der Waals surface area contributed by atoms with Crippen molar-refractivity contribution in [1.29, 1.82) is 0 Å². The van der Waals surface area contributed by atoms with Crippen molar-refractivity contribution in [2.24, 2.45) is 0 Å². The maximum Gasteiger partial charge on any atom is 0.290 e. The maximum atomic E-state index is 13.6. The summed E-state index contributed by atoms with van der Waals surface area (Å²) in [5.74, 6) is -1.46. The van der Waals surface area contributed by atoms with Gasteiger partial charge in [-0.3, -0.25) is 14.6 Å². The van der Waals surface area contributed by atoms with E-state index in [0.717, 1.165) is 5.56 Å². The Bertz CT molecular complexity index is 1420. The average Bonchev–Trinajstić information content (AvgIpc) is 3.40. The number of ketones is 1. The van der Waals surface area contributed by atoms with Gasteiger partial charge in [0.25, 0.3) is 5.91 Å². The van der Waals surface area contributed by atoms with Crippen LogP contribution in [-0.4, -0.2) is 38.9 Å². The van der Waals surface area contributed by atoms with E-state index < -0.39 is 23.5 Å². The first-order valence-corrected chi connectivity index (χ1v) is 10.5.